The van der Waals surface area contributed by atoms with Crippen molar-refractivity contribution in [2.75, 3.05) is 14.1 Å². The largest absolute Gasteiger partial charge is 0.481 e. The third kappa shape index (κ3) is 3.43. The van der Waals surface area contributed by atoms with Crippen molar-refractivity contribution in [2.45, 2.75) is 26.1 Å². The van der Waals surface area contributed by atoms with Gasteiger partial charge >= 0.3 is 0 Å². The Bertz CT molecular complexity index is 432. The molecule has 1 amide bonds. The lowest BCUT2D eigenvalue weighted by atomic mass is 10.1. The minimum atomic E-state index is -0.875. The maximum Gasteiger partial charge on any atom is 0.262 e. The summed E-state index contributed by atoms with van der Waals surface area (Å²) in [5.74, 6) is -0.485. The summed E-state index contributed by atoms with van der Waals surface area (Å²) in [6.07, 6.45) is -1.56. The number of hydrogen-bond acceptors (Lipinski definition) is 3. The van der Waals surface area contributed by atoms with Gasteiger partial charge in [-0.05, 0) is 26.0 Å². The van der Waals surface area contributed by atoms with Gasteiger partial charge in [-0.3, -0.25) is 4.79 Å². The minimum absolute atomic E-state index is 0.199. The Morgan fingerprint density at radius 2 is 2.00 bits per heavy atom. The summed E-state index contributed by atoms with van der Waals surface area (Å²) in [7, 11) is 3.25. The van der Waals surface area contributed by atoms with Gasteiger partial charge < -0.3 is 14.7 Å². The van der Waals surface area contributed by atoms with Crippen LogP contribution in [0.15, 0.2) is 18.2 Å². The van der Waals surface area contributed by atoms with Gasteiger partial charge in [0.15, 0.2) is 6.10 Å². The van der Waals surface area contributed by atoms with Gasteiger partial charge in [0.2, 0.25) is 0 Å². The first-order chi connectivity index (χ1) is 8.32. The molecule has 18 heavy (non-hydrogen) atoms. The number of hydrogen-bond donors (Lipinski definition) is 1. The number of benzene rings is 1. The van der Waals surface area contributed by atoms with Crippen molar-refractivity contribution in [3.63, 3.8) is 0 Å². The Hall–Kier alpha value is -1.62. The van der Waals surface area contributed by atoms with E-state index in [2.05, 4.69) is 0 Å². The third-order valence-corrected chi connectivity index (χ3v) is 2.52. The molecule has 0 aliphatic heterocycles. The zero-order chi connectivity index (χ0) is 13.9. The minimum Gasteiger partial charge on any atom is -0.481 e. The second kappa shape index (κ2) is 5.82. The molecule has 1 rings (SSSR count). The summed E-state index contributed by atoms with van der Waals surface area (Å²) in [5.41, 5.74) is 0.203. The Balaban J connectivity index is 2.81. The molecular formula is C13H18FNO3. The molecule has 1 aromatic carbocycles. The van der Waals surface area contributed by atoms with E-state index in [1.807, 2.05) is 0 Å². The van der Waals surface area contributed by atoms with E-state index in [1.165, 1.54) is 30.0 Å². The van der Waals surface area contributed by atoms with Gasteiger partial charge in [0.1, 0.15) is 11.6 Å². The molecule has 2 atom stereocenters. The van der Waals surface area contributed by atoms with E-state index in [1.54, 1.807) is 21.0 Å². The number of halogens is 1. The van der Waals surface area contributed by atoms with Crippen molar-refractivity contribution in [3.8, 4) is 5.75 Å². The molecule has 1 N–H and O–H groups in total. The molecule has 4 nitrogen and oxygen atoms in total. The smallest absolute Gasteiger partial charge is 0.262 e. The first kappa shape index (κ1) is 14.4. The molecule has 0 fully saturated rings. The fraction of sp³-hybridized carbons (Fsp3) is 0.462. The van der Waals surface area contributed by atoms with E-state index in [0.717, 1.165) is 0 Å². The monoisotopic (exact) mass is 255 g/mol. The van der Waals surface area contributed by atoms with Crippen molar-refractivity contribution < 1.29 is 19.0 Å². The maximum absolute atomic E-state index is 13.6. The van der Waals surface area contributed by atoms with Crippen molar-refractivity contribution >= 4 is 5.91 Å². The fourth-order valence-corrected chi connectivity index (χ4v) is 1.54. The van der Waals surface area contributed by atoms with E-state index in [9.17, 15) is 14.3 Å². The van der Waals surface area contributed by atoms with E-state index in [0.29, 0.717) is 0 Å². The number of ether oxygens (including phenoxy) is 1. The van der Waals surface area contributed by atoms with Crippen LogP contribution in [0.4, 0.5) is 4.39 Å². The predicted molar refractivity (Wildman–Crippen MR) is 65.8 cm³/mol. The molecule has 5 heteroatoms. The Kier molecular flexibility index (Phi) is 4.67. The number of carbonyl (C=O) groups is 1. The van der Waals surface area contributed by atoms with Gasteiger partial charge in [0.25, 0.3) is 5.91 Å². The molecule has 1 unspecified atom stereocenters. The summed E-state index contributed by atoms with van der Waals surface area (Å²) in [4.78, 5) is 13.0. The maximum atomic E-state index is 13.6. The summed E-state index contributed by atoms with van der Waals surface area (Å²) in [6, 6.07) is 4.15. The lowest BCUT2D eigenvalue weighted by Crippen LogP contribution is -2.35. The molecule has 0 aliphatic rings. The molecule has 0 aliphatic carbocycles. The lowest BCUT2D eigenvalue weighted by molar-refractivity contribution is -0.135. The number of rotatable bonds is 4. The molecular weight excluding hydrogens is 237 g/mol. The Labute approximate surface area is 106 Å². The van der Waals surface area contributed by atoms with Crippen LogP contribution in [0.5, 0.6) is 5.75 Å². The van der Waals surface area contributed by atoms with Crippen LogP contribution in [0, 0.1) is 5.82 Å². The zero-order valence-electron chi connectivity index (χ0n) is 11.0. The van der Waals surface area contributed by atoms with Crippen molar-refractivity contribution in [1.29, 1.82) is 0 Å². The zero-order valence-corrected chi connectivity index (χ0v) is 11.0. The van der Waals surface area contributed by atoms with Gasteiger partial charge in [-0.15, -0.1) is 0 Å². The van der Waals surface area contributed by atoms with Crippen LogP contribution in [0.1, 0.15) is 25.5 Å². The number of nitrogens with zero attached hydrogens (tertiary/aromatic N) is 1. The van der Waals surface area contributed by atoms with Crippen molar-refractivity contribution in [2.24, 2.45) is 0 Å². The Morgan fingerprint density at radius 1 is 1.39 bits per heavy atom. The van der Waals surface area contributed by atoms with Crippen LogP contribution in [-0.2, 0) is 4.79 Å². The third-order valence-electron chi connectivity index (χ3n) is 2.52. The molecule has 0 radical (unpaired) electrons. The number of aliphatic hydroxyl groups excluding tert-OH is 1. The van der Waals surface area contributed by atoms with E-state index in [-0.39, 0.29) is 17.2 Å². The first-order valence-electron chi connectivity index (χ1n) is 5.68. The molecule has 1 aromatic rings. The van der Waals surface area contributed by atoms with Gasteiger partial charge in [0, 0.05) is 25.7 Å². The summed E-state index contributed by atoms with van der Waals surface area (Å²) < 4.78 is 18.9. The molecule has 0 spiro atoms. The number of likely N-dealkylation sites (N-methyl/N-ethyl adjacent to an activating group) is 1. The second-order valence-electron chi connectivity index (χ2n) is 4.35. The standard InChI is InChI=1S/C13H18FNO3/c1-8(16)11-6-5-10(7-12(11)14)18-9(2)13(17)15(3)4/h5-9,16H,1-4H3/t8-,9?/m1/s1. The van der Waals surface area contributed by atoms with Crippen LogP contribution in [-0.4, -0.2) is 36.1 Å². The van der Waals surface area contributed by atoms with E-state index >= 15 is 0 Å². The van der Waals surface area contributed by atoms with Crippen LogP contribution < -0.4 is 4.74 Å². The molecule has 0 saturated heterocycles. The average Bonchev–Trinajstić information content (AvgIpc) is 2.27. The normalized spacial score (nSPS) is 13.9. The summed E-state index contributed by atoms with van der Waals surface area (Å²) >= 11 is 0. The van der Waals surface area contributed by atoms with Crippen LogP contribution in [0.3, 0.4) is 0 Å². The number of carbonyl (C=O) groups excluding carboxylic acids is 1. The van der Waals surface area contributed by atoms with Gasteiger partial charge in [-0.25, -0.2) is 4.39 Å². The highest BCUT2D eigenvalue weighted by Crippen LogP contribution is 2.22. The van der Waals surface area contributed by atoms with Gasteiger partial charge in [0.05, 0.1) is 6.10 Å². The fourth-order valence-electron chi connectivity index (χ4n) is 1.54. The van der Waals surface area contributed by atoms with Crippen molar-refractivity contribution in [3.05, 3.63) is 29.6 Å². The van der Waals surface area contributed by atoms with Crippen molar-refractivity contribution in [1.82, 2.24) is 4.90 Å². The van der Waals surface area contributed by atoms with Gasteiger partial charge in [-0.1, -0.05) is 0 Å². The summed E-state index contributed by atoms with van der Waals surface area (Å²) in [5, 5.41) is 9.30. The SMILES string of the molecule is CC(Oc1ccc([C@@H](C)O)c(F)c1)C(=O)N(C)C. The average molecular weight is 255 g/mol. The molecule has 0 heterocycles. The van der Waals surface area contributed by atoms with Crippen LogP contribution >= 0.6 is 0 Å². The highest BCUT2D eigenvalue weighted by molar-refractivity contribution is 5.80. The number of aliphatic hydroxyl groups is 1. The van der Waals surface area contributed by atoms with E-state index < -0.39 is 18.0 Å². The van der Waals surface area contributed by atoms with E-state index in [4.69, 9.17) is 4.74 Å². The molecule has 100 valence electrons. The second-order valence-corrected chi connectivity index (χ2v) is 4.35. The highest BCUT2D eigenvalue weighted by Gasteiger charge is 2.17. The number of amides is 1. The topological polar surface area (TPSA) is 49.8 Å². The summed E-state index contributed by atoms with van der Waals surface area (Å²) in [6.45, 7) is 3.08. The highest BCUT2D eigenvalue weighted by atomic mass is 19.1. The van der Waals surface area contributed by atoms with Crippen LogP contribution in [0.2, 0.25) is 0 Å². The Morgan fingerprint density at radius 3 is 2.44 bits per heavy atom. The predicted octanol–water partition coefficient (Wildman–Crippen LogP) is 1.73. The van der Waals surface area contributed by atoms with Crippen LogP contribution in [0.25, 0.3) is 0 Å². The molecule has 0 aromatic heterocycles. The molecule has 0 saturated carbocycles. The lowest BCUT2D eigenvalue weighted by Gasteiger charge is -2.18. The quantitative estimate of drug-likeness (QED) is 0.891. The first-order valence-corrected chi connectivity index (χ1v) is 5.68. The molecule has 0 bridgehead atoms. The van der Waals surface area contributed by atoms with Gasteiger partial charge in [-0.2, -0.15) is 0 Å².